The van der Waals surface area contributed by atoms with Gasteiger partial charge in [-0.1, -0.05) is 17.3 Å². The first-order chi connectivity index (χ1) is 15.2. The summed E-state index contributed by atoms with van der Waals surface area (Å²) in [4.78, 5) is 31.8. The first-order valence-corrected chi connectivity index (χ1v) is 9.67. The number of amides is 1. The van der Waals surface area contributed by atoms with Crippen LogP contribution in [0.4, 0.5) is 5.69 Å². The van der Waals surface area contributed by atoms with E-state index in [9.17, 15) is 24.9 Å². The van der Waals surface area contributed by atoms with E-state index in [0.29, 0.717) is 11.1 Å². The van der Waals surface area contributed by atoms with Gasteiger partial charge in [0, 0.05) is 18.9 Å². The largest absolute Gasteiger partial charge is 0.493 e. The Labute approximate surface area is 181 Å². The van der Waals surface area contributed by atoms with E-state index in [0.717, 1.165) is 4.90 Å². The van der Waals surface area contributed by atoms with Crippen LogP contribution >= 0.6 is 0 Å². The number of fused-ring (bicyclic) bond motifs is 2. The van der Waals surface area contributed by atoms with Gasteiger partial charge in [-0.3, -0.25) is 4.79 Å². The molecule has 2 aromatic rings. The zero-order chi connectivity index (χ0) is 23.2. The standard InChI is InChI=1S/C21H22N2O9/c1-23(12-8-10-4-6-14(29-2)17(30-3)16(10)31-20(12)27)19(26)11-9-21(28)15(25)7-5-13(24)18(21)32-22-11/h4-8,13,15,18,24-25,28H,9H2,1-3H3/t13-,15+,18-,21-/m1/s1. The third-order valence-corrected chi connectivity index (χ3v) is 5.67. The lowest BCUT2D eigenvalue weighted by Gasteiger charge is -2.43. The van der Waals surface area contributed by atoms with Crippen LogP contribution in [0.5, 0.6) is 11.5 Å². The fourth-order valence-electron chi connectivity index (χ4n) is 3.87. The summed E-state index contributed by atoms with van der Waals surface area (Å²) in [6.45, 7) is 0. The predicted molar refractivity (Wildman–Crippen MR) is 112 cm³/mol. The van der Waals surface area contributed by atoms with Crippen LogP contribution in [-0.4, -0.2) is 72.1 Å². The molecule has 3 N–H and O–H groups in total. The van der Waals surface area contributed by atoms with Crippen molar-refractivity contribution >= 4 is 28.3 Å². The molecule has 1 amide bonds. The Morgan fingerprint density at radius 3 is 2.69 bits per heavy atom. The molecular formula is C21H22N2O9. The molecule has 0 spiro atoms. The summed E-state index contributed by atoms with van der Waals surface area (Å²) in [5, 5.41) is 35.3. The van der Waals surface area contributed by atoms with E-state index in [2.05, 4.69) is 5.16 Å². The summed E-state index contributed by atoms with van der Waals surface area (Å²) >= 11 is 0. The Kier molecular flexibility index (Phi) is 5.41. The number of nitrogens with zero attached hydrogens (tertiary/aromatic N) is 2. The van der Waals surface area contributed by atoms with Crippen molar-refractivity contribution in [1.82, 2.24) is 0 Å². The average Bonchev–Trinajstić information content (AvgIpc) is 2.79. The van der Waals surface area contributed by atoms with Crippen LogP contribution < -0.4 is 20.0 Å². The van der Waals surface area contributed by atoms with Gasteiger partial charge in [0.2, 0.25) is 5.75 Å². The lowest BCUT2D eigenvalue weighted by atomic mass is 9.78. The zero-order valence-electron chi connectivity index (χ0n) is 17.5. The molecule has 1 aliphatic heterocycles. The summed E-state index contributed by atoms with van der Waals surface area (Å²) in [5.74, 6) is -0.141. The van der Waals surface area contributed by atoms with E-state index in [1.165, 1.54) is 39.5 Å². The monoisotopic (exact) mass is 446 g/mol. The van der Waals surface area contributed by atoms with E-state index in [1.807, 2.05) is 0 Å². The van der Waals surface area contributed by atoms with Gasteiger partial charge in [0.05, 0.1) is 14.2 Å². The van der Waals surface area contributed by atoms with Crippen LogP contribution in [0.15, 0.2) is 44.7 Å². The van der Waals surface area contributed by atoms with E-state index in [1.54, 1.807) is 12.1 Å². The summed E-state index contributed by atoms with van der Waals surface area (Å²) in [7, 11) is 4.20. The van der Waals surface area contributed by atoms with Gasteiger partial charge in [0.25, 0.3) is 5.91 Å². The van der Waals surface area contributed by atoms with Crippen LogP contribution in [0, 0.1) is 0 Å². The molecule has 4 rings (SSSR count). The second-order valence-electron chi connectivity index (χ2n) is 7.56. The second kappa shape index (κ2) is 7.93. The van der Waals surface area contributed by atoms with Crippen molar-refractivity contribution in [3.63, 3.8) is 0 Å². The number of hydrogen-bond donors (Lipinski definition) is 3. The Morgan fingerprint density at radius 2 is 2.00 bits per heavy atom. The maximum absolute atomic E-state index is 13.0. The molecule has 4 atom stereocenters. The van der Waals surface area contributed by atoms with Gasteiger partial charge in [0.15, 0.2) is 17.4 Å². The van der Waals surface area contributed by atoms with Crippen LogP contribution in [0.2, 0.25) is 0 Å². The summed E-state index contributed by atoms with van der Waals surface area (Å²) in [6, 6.07) is 4.72. The number of aliphatic hydroxyl groups excluding tert-OH is 2. The Bertz CT molecular complexity index is 1190. The van der Waals surface area contributed by atoms with Crippen molar-refractivity contribution in [2.75, 3.05) is 26.2 Å². The molecule has 170 valence electrons. The minimum absolute atomic E-state index is 0.0874. The van der Waals surface area contributed by atoms with Crippen molar-refractivity contribution in [2.45, 2.75) is 30.3 Å². The zero-order valence-corrected chi connectivity index (χ0v) is 17.5. The number of carbonyl (C=O) groups excluding carboxylic acids is 1. The molecule has 0 saturated heterocycles. The smallest absolute Gasteiger partial charge is 0.360 e. The molecule has 2 aliphatic rings. The lowest BCUT2D eigenvalue weighted by Crippen LogP contribution is -2.62. The number of oxime groups is 1. The van der Waals surface area contributed by atoms with Gasteiger partial charge in [-0.25, -0.2) is 4.79 Å². The SMILES string of the molecule is COc1ccc2cc(N(C)C(=O)C3=NO[C@@H]4[C@H](O)C=C[C@H](O)[C@]4(O)C3)c(=O)oc2c1OC. The number of ether oxygens (including phenoxy) is 2. The molecule has 1 aliphatic carbocycles. The van der Waals surface area contributed by atoms with Gasteiger partial charge in [-0.05, 0) is 18.2 Å². The van der Waals surface area contributed by atoms with Gasteiger partial charge < -0.3 is 38.9 Å². The number of methoxy groups -OCH3 is 2. The number of benzene rings is 1. The Balaban J connectivity index is 1.68. The number of hydrogen-bond acceptors (Lipinski definition) is 10. The van der Waals surface area contributed by atoms with Crippen LogP contribution in [0.3, 0.4) is 0 Å². The first-order valence-electron chi connectivity index (χ1n) is 9.67. The number of anilines is 1. The van der Waals surface area contributed by atoms with Crippen LogP contribution in [-0.2, 0) is 9.63 Å². The maximum Gasteiger partial charge on any atom is 0.360 e. The highest BCUT2D eigenvalue weighted by atomic mass is 16.7. The van der Waals surface area contributed by atoms with Crippen LogP contribution in [0.1, 0.15) is 6.42 Å². The van der Waals surface area contributed by atoms with Gasteiger partial charge >= 0.3 is 5.63 Å². The molecule has 11 nitrogen and oxygen atoms in total. The van der Waals surface area contributed by atoms with E-state index < -0.39 is 41.9 Å². The fraction of sp³-hybridized carbons (Fsp3) is 0.381. The van der Waals surface area contributed by atoms with Crippen molar-refractivity contribution < 1.29 is 38.8 Å². The minimum Gasteiger partial charge on any atom is -0.493 e. The number of rotatable bonds is 4. The van der Waals surface area contributed by atoms with E-state index in [4.69, 9.17) is 18.7 Å². The second-order valence-corrected chi connectivity index (χ2v) is 7.56. The summed E-state index contributed by atoms with van der Waals surface area (Å²) in [5.41, 5.74) is -2.94. The van der Waals surface area contributed by atoms with E-state index >= 15 is 0 Å². The molecule has 0 bridgehead atoms. The third kappa shape index (κ3) is 3.30. The van der Waals surface area contributed by atoms with Gasteiger partial charge in [-0.15, -0.1) is 0 Å². The minimum atomic E-state index is -1.96. The highest BCUT2D eigenvalue weighted by Crippen LogP contribution is 2.36. The topological polar surface area (TPSA) is 151 Å². The molecule has 11 heteroatoms. The summed E-state index contributed by atoms with van der Waals surface area (Å²) < 4.78 is 15.9. The highest BCUT2D eigenvalue weighted by Gasteiger charge is 2.54. The van der Waals surface area contributed by atoms with Crippen molar-refractivity contribution in [2.24, 2.45) is 5.16 Å². The molecule has 2 heterocycles. The molecule has 0 fully saturated rings. The molecule has 0 radical (unpaired) electrons. The number of carbonyl (C=O) groups is 1. The van der Waals surface area contributed by atoms with Crippen LogP contribution in [0.25, 0.3) is 11.0 Å². The highest BCUT2D eigenvalue weighted by molar-refractivity contribution is 6.43. The van der Waals surface area contributed by atoms with Gasteiger partial charge in [-0.2, -0.15) is 0 Å². The molecule has 1 aromatic heterocycles. The van der Waals surface area contributed by atoms with Crippen molar-refractivity contribution in [1.29, 1.82) is 0 Å². The molecule has 0 saturated carbocycles. The third-order valence-electron chi connectivity index (χ3n) is 5.67. The quantitative estimate of drug-likeness (QED) is 0.433. The van der Waals surface area contributed by atoms with Gasteiger partial charge in [0.1, 0.15) is 29.2 Å². The molecule has 0 unspecified atom stereocenters. The van der Waals surface area contributed by atoms with E-state index in [-0.39, 0.29) is 22.7 Å². The lowest BCUT2D eigenvalue weighted by molar-refractivity contribution is -0.191. The molecule has 1 aromatic carbocycles. The maximum atomic E-state index is 13.0. The van der Waals surface area contributed by atoms with Crippen molar-refractivity contribution in [3.8, 4) is 11.5 Å². The predicted octanol–water partition coefficient (Wildman–Crippen LogP) is -0.0594. The fourth-order valence-corrected chi connectivity index (χ4v) is 3.87. The molecular weight excluding hydrogens is 424 g/mol. The normalized spacial score (nSPS) is 26.7. The molecule has 32 heavy (non-hydrogen) atoms. The Morgan fingerprint density at radius 1 is 1.25 bits per heavy atom. The number of aliphatic hydroxyl groups is 3. The summed E-state index contributed by atoms with van der Waals surface area (Å²) in [6.07, 6.45) is -1.72. The average molecular weight is 446 g/mol. The van der Waals surface area contributed by atoms with Crippen molar-refractivity contribution in [3.05, 3.63) is 40.8 Å². The first kappa shape index (κ1) is 21.8. The Hall–Kier alpha value is -3.41.